The van der Waals surface area contributed by atoms with Crippen LogP contribution in [0.3, 0.4) is 0 Å². The molecular formula is C15H14N4. The lowest BCUT2D eigenvalue weighted by atomic mass is 9.99. The van der Waals surface area contributed by atoms with Crippen molar-refractivity contribution in [2.75, 3.05) is 11.9 Å². The molecule has 94 valence electrons. The van der Waals surface area contributed by atoms with Gasteiger partial charge in [-0.3, -0.25) is 0 Å². The lowest BCUT2D eigenvalue weighted by molar-refractivity contribution is 0.480. The summed E-state index contributed by atoms with van der Waals surface area (Å²) in [5, 5.41) is 10.2. The Bertz CT molecular complexity index is 732. The van der Waals surface area contributed by atoms with Gasteiger partial charge in [-0.15, -0.1) is 0 Å². The number of fused-ring (bicyclic) bond motifs is 2. The van der Waals surface area contributed by atoms with E-state index >= 15 is 0 Å². The van der Waals surface area contributed by atoms with Crippen LogP contribution in [0.1, 0.15) is 18.0 Å². The van der Waals surface area contributed by atoms with E-state index in [4.69, 9.17) is 0 Å². The van der Waals surface area contributed by atoms with E-state index in [1.54, 1.807) is 6.33 Å². The smallest absolute Gasteiger partial charge is 0.221 e. The molecule has 0 spiro atoms. The Kier molecular flexibility index (Phi) is 2.27. The maximum atomic E-state index is 4.34. The molecule has 1 unspecified atom stereocenters. The van der Waals surface area contributed by atoms with Crippen molar-refractivity contribution in [2.45, 2.75) is 12.5 Å². The SMILES string of the molecule is c1ccc2cc(C3CCNc4ncnn43)ccc2c1. The Balaban J connectivity index is 1.83. The molecule has 3 aromatic rings. The van der Waals surface area contributed by atoms with Gasteiger partial charge >= 0.3 is 0 Å². The third-order valence-corrected chi connectivity index (χ3v) is 3.73. The van der Waals surface area contributed by atoms with E-state index in [1.165, 1.54) is 16.3 Å². The standard InChI is InChI=1S/C15H14N4/c1-2-4-12-9-13(6-5-11(12)3-1)14-7-8-16-15-17-10-18-19(14)15/h1-6,9-10,14H,7-8H2,(H,16,17,18). The fourth-order valence-corrected chi connectivity index (χ4v) is 2.77. The maximum absolute atomic E-state index is 4.34. The first kappa shape index (κ1) is 10.6. The molecule has 2 aromatic carbocycles. The molecule has 4 rings (SSSR count). The molecule has 1 aromatic heterocycles. The summed E-state index contributed by atoms with van der Waals surface area (Å²) in [6.45, 7) is 0.941. The molecule has 0 fully saturated rings. The van der Waals surface area contributed by atoms with Crippen LogP contribution in [-0.2, 0) is 0 Å². The van der Waals surface area contributed by atoms with Gasteiger partial charge in [0.15, 0.2) is 0 Å². The largest absolute Gasteiger partial charge is 0.354 e. The minimum atomic E-state index is 0.281. The van der Waals surface area contributed by atoms with Gasteiger partial charge in [0.25, 0.3) is 0 Å². The molecule has 0 bridgehead atoms. The van der Waals surface area contributed by atoms with E-state index < -0.39 is 0 Å². The van der Waals surface area contributed by atoms with Crippen LogP contribution in [0.5, 0.6) is 0 Å². The summed E-state index contributed by atoms with van der Waals surface area (Å²) in [5.74, 6) is 0.865. The van der Waals surface area contributed by atoms with Crippen LogP contribution in [0, 0.1) is 0 Å². The number of benzene rings is 2. The lowest BCUT2D eigenvalue weighted by Gasteiger charge is -2.25. The van der Waals surface area contributed by atoms with Gasteiger partial charge in [-0.25, -0.2) is 4.68 Å². The summed E-state index contributed by atoms with van der Waals surface area (Å²) in [7, 11) is 0. The van der Waals surface area contributed by atoms with E-state index in [2.05, 4.69) is 57.9 Å². The van der Waals surface area contributed by atoms with Crippen LogP contribution in [0.2, 0.25) is 0 Å². The Morgan fingerprint density at radius 3 is 2.95 bits per heavy atom. The molecule has 0 saturated heterocycles. The Labute approximate surface area is 111 Å². The van der Waals surface area contributed by atoms with E-state index in [-0.39, 0.29) is 6.04 Å². The molecule has 0 saturated carbocycles. The van der Waals surface area contributed by atoms with Crippen LogP contribution in [0.15, 0.2) is 48.8 Å². The number of hydrogen-bond donors (Lipinski definition) is 1. The van der Waals surface area contributed by atoms with Gasteiger partial charge in [-0.2, -0.15) is 10.1 Å². The highest BCUT2D eigenvalue weighted by molar-refractivity contribution is 5.83. The molecular weight excluding hydrogens is 236 g/mol. The second kappa shape index (κ2) is 4.09. The van der Waals surface area contributed by atoms with Gasteiger partial charge in [0.2, 0.25) is 5.95 Å². The molecule has 1 atom stereocenters. The topological polar surface area (TPSA) is 42.7 Å². The third kappa shape index (κ3) is 1.68. The van der Waals surface area contributed by atoms with Gasteiger partial charge in [0.05, 0.1) is 6.04 Å². The highest BCUT2D eigenvalue weighted by atomic mass is 15.4. The molecule has 0 amide bonds. The fraction of sp³-hybridized carbons (Fsp3) is 0.200. The van der Waals surface area contributed by atoms with Crippen LogP contribution in [0.4, 0.5) is 5.95 Å². The zero-order valence-electron chi connectivity index (χ0n) is 10.5. The van der Waals surface area contributed by atoms with Crippen LogP contribution in [0.25, 0.3) is 10.8 Å². The van der Waals surface area contributed by atoms with Crippen molar-refractivity contribution >= 4 is 16.7 Å². The van der Waals surface area contributed by atoms with Gasteiger partial charge in [-0.05, 0) is 28.8 Å². The lowest BCUT2D eigenvalue weighted by Crippen LogP contribution is -2.24. The van der Waals surface area contributed by atoms with Gasteiger partial charge in [0.1, 0.15) is 6.33 Å². The van der Waals surface area contributed by atoms with Gasteiger partial charge in [0, 0.05) is 6.54 Å². The molecule has 0 radical (unpaired) electrons. The number of nitrogens with one attached hydrogen (secondary N) is 1. The second-order valence-electron chi connectivity index (χ2n) is 4.87. The number of aromatic nitrogens is 3. The predicted molar refractivity (Wildman–Crippen MR) is 75.2 cm³/mol. The van der Waals surface area contributed by atoms with E-state index in [1.807, 2.05) is 4.68 Å². The molecule has 1 aliphatic rings. The van der Waals surface area contributed by atoms with Crippen molar-refractivity contribution in [1.29, 1.82) is 0 Å². The summed E-state index contributed by atoms with van der Waals surface area (Å²) >= 11 is 0. The van der Waals surface area contributed by atoms with E-state index in [9.17, 15) is 0 Å². The molecule has 4 heteroatoms. The van der Waals surface area contributed by atoms with Crippen molar-refractivity contribution in [1.82, 2.24) is 14.8 Å². The fourth-order valence-electron chi connectivity index (χ4n) is 2.77. The van der Waals surface area contributed by atoms with Crippen molar-refractivity contribution in [2.24, 2.45) is 0 Å². The van der Waals surface area contributed by atoms with Crippen molar-refractivity contribution < 1.29 is 0 Å². The van der Waals surface area contributed by atoms with Crippen molar-refractivity contribution in [3.8, 4) is 0 Å². The first-order chi connectivity index (χ1) is 9.42. The van der Waals surface area contributed by atoms with Crippen molar-refractivity contribution in [3.63, 3.8) is 0 Å². The molecule has 4 nitrogen and oxygen atoms in total. The van der Waals surface area contributed by atoms with Crippen LogP contribution < -0.4 is 5.32 Å². The van der Waals surface area contributed by atoms with Gasteiger partial charge < -0.3 is 5.32 Å². The van der Waals surface area contributed by atoms with Gasteiger partial charge in [-0.1, -0.05) is 36.4 Å². The predicted octanol–water partition coefficient (Wildman–Crippen LogP) is 2.84. The average Bonchev–Trinajstić information content (AvgIpc) is 2.95. The average molecular weight is 250 g/mol. The van der Waals surface area contributed by atoms with Crippen LogP contribution >= 0.6 is 0 Å². The molecule has 1 N–H and O–H groups in total. The van der Waals surface area contributed by atoms with E-state index in [0.717, 1.165) is 18.9 Å². The third-order valence-electron chi connectivity index (χ3n) is 3.73. The maximum Gasteiger partial charge on any atom is 0.221 e. The second-order valence-corrected chi connectivity index (χ2v) is 4.87. The first-order valence-electron chi connectivity index (χ1n) is 6.54. The number of nitrogens with zero attached hydrogens (tertiary/aromatic N) is 3. The Morgan fingerprint density at radius 2 is 2.00 bits per heavy atom. The summed E-state index contributed by atoms with van der Waals surface area (Å²) in [5.41, 5.74) is 1.30. The normalized spacial score (nSPS) is 18.0. The monoisotopic (exact) mass is 250 g/mol. The quantitative estimate of drug-likeness (QED) is 0.722. The summed E-state index contributed by atoms with van der Waals surface area (Å²) in [6.07, 6.45) is 2.65. The first-order valence-corrected chi connectivity index (χ1v) is 6.54. The number of hydrogen-bond acceptors (Lipinski definition) is 3. The van der Waals surface area contributed by atoms with Crippen LogP contribution in [-0.4, -0.2) is 21.3 Å². The summed E-state index contributed by atoms with van der Waals surface area (Å²) in [4.78, 5) is 4.24. The Morgan fingerprint density at radius 1 is 1.11 bits per heavy atom. The van der Waals surface area contributed by atoms with E-state index in [0.29, 0.717) is 0 Å². The number of anilines is 1. The zero-order chi connectivity index (χ0) is 12.7. The minimum Gasteiger partial charge on any atom is -0.354 e. The zero-order valence-corrected chi connectivity index (χ0v) is 10.5. The van der Waals surface area contributed by atoms with Crippen molar-refractivity contribution in [3.05, 3.63) is 54.4 Å². The molecule has 19 heavy (non-hydrogen) atoms. The molecule has 0 aliphatic carbocycles. The summed E-state index contributed by atoms with van der Waals surface area (Å²) < 4.78 is 1.98. The highest BCUT2D eigenvalue weighted by Crippen LogP contribution is 2.29. The molecule has 1 aliphatic heterocycles. The summed E-state index contributed by atoms with van der Waals surface area (Å²) in [6, 6.07) is 15.4. The highest BCUT2D eigenvalue weighted by Gasteiger charge is 2.22. The Hall–Kier alpha value is -2.36. The molecule has 2 heterocycles. The minimum absolute atomic E-state index is 0.281. The number of rotatable bonds is 1.